The summed E-state index contributed by atoms with van der Waals surface area (Å²) >= 11 is 1.33. The molecular weight excluding hydrogens is 250 g/mol. The van der Waals surface area contributed by atoms with E-state index in [2.05, 4.69) is 10.3 Å². The van der Waals surface area contributed by atoms with E-state index in [4.69, 9.17) is 10.8 Å². The van der Waals surface area contributed by atoms with Crippen molar-refractivity contribution >= 4 is 33.0 Å². The molecule has 6 heteroatoms. The summed E-state index contributed by atoms with van der Waals surface area (Å²) in [5.41, 5.74) is 6.45. The van der Waals surface area contributed by atoms with Crippen molar-refractivity contribution in [1.29, 1.82) is 0 Å². The third kappa shape index (κ3) is 2.44. The maximum absolute atomic E-state index is 12.0. The van der Waals surface area contributed by atoms with Crippen LogP contribution in [0.3, 0.4) is 0 Å². The van der Waals surface area contributed by atoms with Crippen molar-refractivity contribution in [3.8, 4) is 0 Å². The maximum atomic E-state index is 12.0. The Bertz CT molecular complexity index is 567. The van der Waals surface area contributed by atoms with Gasteiger partial charge in [0.1, 0.15) is 4.88 Å². The Balaban J connectivity index is 2.25. The van der Waals surface area contributed by atoms with Crippen molar-refractivity contribution in [3.05, 3.63) is 23.3 Å². The average Bonchev–Trinajstić information content (AvgIpc) is 2.68. The molecule has 1 unspecified atom stereocenters. The van der Waals surface area contributed by atoms with Crippen LogP contribution < -0.4 is 11.1 Å². The first-order valence-electron chi connectivity index (χ1n) is 5.67. The second-order valence-electron chi connectivity index (χ2n) is 4.10. The van der Waals surface area contributed by atoms with Crippen LogP contribution in [0, 0.1) is 0 Å². The largest absolute Gasteiger partial charge is 0.397 e. The summed E-state index contributed by atoms with van der Waals surface area (Å²) in [7, 11) is 0. The predicted octanol–water partition coefficient (Wildman–Crippen LogP) is 1.38. The molecule has 1 atom stereocenters. The van der Waals surface area contributed by atoms with Crippen LogP contribution in [-0.2, 0) is 0 Å². The lowest BCUT2D eigenvalue weighted by Gasteiger charge is -2.11. The number of nitrogens with two attached hydrogens (primary N) is 1. The van der Waals surface area contributed by atoms with Crippen LogP contribution in [0.2, 0.25) is 0 Å². The molecule has 0 aromatic carbocycles. The Labute approximate surface area is 109 Å². The van der Waals surface area contributed by atoms with Crippen molar-refractivity contribution in [2.45, 2.75) is 19.4 Å². The van der Waals surface area contributed by atoms with Crippen LogP contribution in [0.4, 0.5) is 5.69 Å². The Morgan fingerprint density at radius 1 is 1.67 bits per heavy atom. The number of hydrogen-bond donors (Lipinski definition) is 3. The molecule has 2 rings (SSSR count). The number of aliphatic hydroxyl groups is 1. The summed E-state index contributed by atoms with van der Waals surface area (Å²) in [5, 5.41) is 12.5. The first kappa shape index (κ1) is 12.8. The molecule has 96 valence electrons. The van der Waals surface area contributed by atoms with Gasteiger partial charge in [0.15, 0.2) is 0 Å². The quantitative estimate of drug-likeness (QED) is 0.779. The van der Waals surface area contributed by atoms with Crippen LogP contribution in [0.25, 0.3) is 10.1 Å². The minimum Gasteiger partial charge on any atom is -0.397 e. The highest BCUT2D eigenvalue weighted by Gasteiger charge is 2.17. The second-order valence-corrected chi connectivity index (χ2v) is 5.16. The second kappa shape index (κ2) is 5.32. The molecule has 2 aromatic rings. The lowest BCUT2D eigenvalue weighted by atomic mass is 10.2. The Morgan fingerprint density at radius 3 is 3.11 bits per heavy atom. The van der Waals surface area contributed by atoms with E-state index < -0.39 is 0 Å². The van der Waals surface area contributed by atoms with Gasteiger partial charge in [-0.2, -0.15) is 0 Å². The van der Waals surface area contributed by atoms with Gasteiger partial charge in [-0.25, -0.2) is 0 Å². The minimum atomic E-state index is -0.199. The summed E-state index contributed by atoms with van der Waals surface area (Å²) in [4.78, 5) is 16.5. The fourth-order valence-electron chi connectivity index (χ4n) is 1.69. The Morgan fingerprint density at radius 2 is 2.44 bits per heavy atom. The van der Waals surface area contributed by atoms with Crippen molar-refractivity contribution in [2.24, 2.45) is 0 Å². The summed E-state index contributed by atoms with van der Waals surface area (Å²) < 4.78 is 0.898. The molecular formula is C12H15N3O2S. The van der Waals surface area contributed by atoms with Gasteiger partial charge in [-0.15, -0.1) is 11.3 Å². The van der Waals surface area contributed by atoms with Crippen LogP contribution in [0.15, 0.2) is 18.5 Å². The molecule has 0 aliphatic rings. The number of nitrogens with zero attached hydrogens (tertiary/aromatic N) is 1. The smallest absolute Gasteiger partial charge is 0.263 e. The number of amides is 1. The van der Waals surface area contributed by atoms with Gasteiger partial charge in [0.25, 0.3) is 5.91 Å². The van der Waals surface area contributed by atoms with Crippen molar-refractivity contribution in [3.63, 3.8) is 0 Å². The number of nitrogens with one attached hydrogen (secondary N) is 1. The molecule has 0 spiro atoms. The molecule has 0 aliphatic carbocycles. The molecule has 0 radical (unpaired) electrons. The van der Waals surface area contributed by atoms with E-state index in [0.717, 1.165) is 10.1 Å². The number of thiophene rings is 1. The molecule has 5 nitrogen and oxygen atoms in total. The molecule has 2 heterocycles. The fraction of sp³-hybridized carbons (Fsp3) is 0.333. The molecule has 0 saturated heterocycles. The number of carbonyl (C=O) groups excluding carboxylic acids is 1. The Kier molecular flexibility index (Phi) is 3.78. The molecule has 18 heavy (non-hydrogen) atoms. The number of aromatic nitrogens is 1. The van der Waals surface area contributed by atoms with Crippen LogP contribution in [-0.4, -0.2) is 28.6 Å². The zero-order chi connectivity index (χ0) is 13.1. The van der Waals surface area contributed by atoms with E-state index in [1.165, 1.54) is 11.3 Å². The average molecular weight is 265 g/mol. The molecule has 0 fully saturated rings. The van der Waals surface area contributed by atoms with Gasteiger partial charge >= 0.3 is 0 Å². The van der Waals surface area contributed by atoms with Crippen LogP contribution >= 0.6 is 11.3 Å². The molecule has 4 N–H and O–H groups in total. The normalized spacial score (nSPS) is 12.6. The summed E-state index contributed by atoms with van der Waals surface area (Å²) in [5.74, 6) is -0.199. The highest BCUT2D eigenvalue weighted by atomic mass is 32.1. The monoisotopic (exact) mass is 265 g/mol. The number of pyridine rings is 1. The van der Waals surface area contributed by atoms with E-state index in [-0.39, 0.29) is 18.6 Å². The van der Waals surface area contributed by atoms with Gasteiger partial charge in [0.05, 0.1) is 10.4 Å². The van der Waals surface area contributed by atoms with Crippen LogP contribution in [0.5, 0.6) is 0 Å². The van der Waals surface area contributed by atoms with E-state index in [9.17, 15) is 4.79 Å². The van der Waals surface area contributed by atoms with Gasteiger partial charge in [-0.05, 0) is 19.4 Å². The standard InChI is InChI=1S/C12H15N3O2S/c1-7(3-5-16)15-12(17)11-10(13)8-2-4-14-6-9(8)18-11/h2,4,6-7,16H,3,5,13H2,1H3,(H,15,17). The van der Waals surface area contributed by atoms with Crippen molar-refractivity contribution in [2.75, 3.05) is 12.3 Å². The maximum Gasteiger partial charge on any atom is 0.263 e. The van der Waals surface area contributed by atoms with Crippen molar-refractivity contribution in [1.82, 2.24) is 10.3 Å². The summed E-state index contributed by atoms with van der Waals surface area (Å²) in [6.07, 6.45) is 3.88. The number of carbonyl (C=O) groups is 1. The van der Waals surface area contributed by atoms with Gasteiger partial charge in [0, 0.05) is 30.4 Å². The number of aliphatic hydroxyl groups excluding tert-OH is 1. The molecule has 1 amide bonds. The highest BCUT2D eigenvalue weighted by molar-refractivity contribution is 7.21. The molecule has 0 bridgehead atoms. The number of rotatable bonds is 4. The molecule has 2 aromatic heterocycles. The lowest BCUT2D eigenvalue weighted by Crippen LogP contribution is -2.33. The number of nitrogen functional groups attached to an aromatic ring is 1. The minimum absolute atomic E-state index is 0.0489. The fourth-order valence-corrected chi connectivity index (χ4v) is 2.69. The number of fused-ring (bicyclic) bond motifs is 1. The third-order valence-electron chi connectivity index (χ3n) is 2.68. The zero-order valence-electron chi connectivity index (χ0n) is 10.0. The van der Waals surface area contributed by atoms with Gasteiger partial charge < -0.3 is 16.2 Å². The van der Waals surface area contributed by atoms with E-state index >= 15 is 0 Å². The zero-order valence-corrected chi connectivity index (χ0v) is 10.8. The third-order valence-corrected chi connectivity index (χ3v) is 3.83. The van der Waals surface area contributed by atoms with E-state index in [1.807, 2.05) is 6.92 Å². The van der Waals surface area contributed by atoms with Crippen molar-refractivity contribution < 1.29 is 9.90 Å². The van der Waals surface area contributed by atoms with Gasteiger partial charge in [-0.3, -0.25) is 9.78 Å². The van der Waals surface area contributed by atoms with E-state index in [0.29, 0.717) is 17.0 Å². The van der Waals surface area contributed by atoms with Gasteiger partial charge in [-0.1, -0.05) is 0 Å². The predicted molar refractivity (Wildman–Crippen MR) is 72.7 cm³/mol. The summed E-state index contributed by atoms with van der Waals surface area (Å²) in [6, 6.07) is 1.72. The molecule has 0 aliphatic heterocycles. The topological polar surface area (TPSA) is 88.2 Å². The first-order valence-corrected chi connectivity index (χ1v) is 6.49. The number of hydrogen-bond acceptors (Lipinski definition) is 5. The summed E-state index contributed by atoms with van der Waals surface area (Å²) in [6.45, 7) is 1.90. The SMILES string of the molecule is CC(CCO)NC(=O)c1sc2cnccc2c1N. The van der Waals surface area contributed by atoms with Crippen LogP contribution in [0.1, 0.15) is 23.0 Å². The first-order chi connectivity index (χ1) is 8.63. The molecule has 0 saturated carbocycles. The lowest BCUT2D eigenvalue weighted by molar-refractivity contribution is 0.0939. The van der Waals surface area contributed by atoms with E-state index in [1.54, 1.807) is 18.5 Å². The number of anilines is 1. The highest BCUT2D eigenvalue weighted by Crippen LogP contribution is 2.32. The Hall–Kier alpha value is -1.66. The van der Waals surface area contributed by atoms with Gasteiger partial charge in [0.2, 0.25) is 0 Å².